The second-order valence-corrected chi connectivity index (χ2v) is 7.28. The Morgan fingerprint density at radius 3 is 2.69 bits per heavy atom. The van der Waals surface area contributed by atoms with Crippen LogP contribution < -0.4 is 16.4 Å². The predicted molar refractivity (Wildman–Crippen MR) is 112 cm³/mol. The highest BCUT2D eigenvalue weighted by Gasteiger charge is 2.12. The second-order valence-electron chi connectivity index (χ2n) is 6.92. The molecule has 2 aromatic rings. The van der Waals surface area contributed by atoms with Gasteiger partial charge < -0.3 is 16.4 Å². The third-order valence-electron chi connectivity index (χ3n) is 3.86. The number of aromatic nitrogens is 2. The Morgan fingerprint density at radius 2 is 2.03 bits per heavy atom. The zero-order valence-electron chi connectivity index (χ0n) is 16.5. The van der Waals surface area contributed by atoms with Gasteiger partial charge in [-0.2, -0.15) is 5.10 Å². The van der Waals surface area contributed by atoms with Crippen LogP contribution in [0.4, 0.5) is 5.69 Å². The SMILES string of the molecule is Cc1nn(CC(C)C)c(Cl)c1/C=C/C(=O)Nc1cccc(C(=O)NCC(N)=O)c1. The summed E-state index contributed by atoms with van der Waals surface area (Å²) in [6.07, 6.45) is 2.97. The van der Waals surface area contributed by atoms with Gasteiger partial charge in [-0.05, 0) is 37.1 Å². The number of nitrogens with zero attached hydrogens (tertiary/aromatic N) is 2. The Balaban J connectivity index is 2.06. The average molecular weight is 418 g/mol. The van der Waals surface area contributed by atoms with Gasteiger partial charge in [0.2, 0.25) is 11.8 Å². The van der Waals surface area contributed by atoms with Gasteiger partial charge in [-0.25, -0.2) is 0 Å². The lowest BCUT2D eigenvalue weighted by atomic mass is 10.2. The summed E-state index contributed by atoms with van der Waals surface area (Å²) in [6, 6.07) is 6.33. The maximum Gasteiger partial charge on any atom is 0.251 e. The normalized spacial score (nSPS) is 11.1. The van der Waals surface area contributed by atoms with Gasteiger partial charge in [0, 0.05) is 29.4 Å². The summed E-state index contributed by atoms with van der Waals surface area (Å²) in [4.78, 5) is 35.0. The summed E-state index contributed by atoms with van der Waals surface area (Å²) >= 11 is 6.37. The Labute approximate surface area is 174 Å². The van der Waals surface area contributed by atoms with Crippen molar-refractivity contribution in [3.8, 4) is 0 Å². The molecule has 0 aliphatic carbocycles. The van der Waals surface area contributed by atoms with Crippen molar-refractivity contribution in [3.05, 3.63) is 52.3 Å². The van der Waals surface area contributed by atoms with Crippen LogP contribution in [-0.2, 0) is 16.1 Å². The van der Waals surface area contributed by atoms with E-state index in [1.807, 2.05) is 6.92 Å². The molecule has 0 saturated heterocycles. The molecule has 2 rings (SSSR count). The van der Waals surface area contributed by atoms with E-state index < -0.39 is 11.8 Å². The van der Waals surface area contributed by atoms with E-state index in [1.54, 1.807) is 29.0 Å². The molecular formula is C20H24ClN5O3. The van der Waals surface area contributed by atoms with Crippen LogP contribution in [0.1, 0.15) is 35.5 Å². The molecule has 1 heterocycles. The fourth-order valence-corrected chi connectivity index (χ4v) is 2.88. The first-order valence-electron chi connectivity index (χ1n) is 9.06. The van der Waals surface area contributed by atoms with Gasteiger partial charge >= 0.3 is 0 Å². The van der Waals surface area contributed by atoms with Crippen LogP contribution in [0.5, 0.6) is 0 Å². The van der Waals surface area contributed by atoms with Gasteiger partial charge in [0.25, 0.3) is 5.91 Å². The number of nitrogens with one attached hydrogen (secondary N) is 2. The molecule has 0 unspecified atom stereocenters. The highest BCUT2D eigenvalue weighted by Crippen LogP contribution is 2.22. The molecule has 0 aliphatic heterocycles. The average Bonchev–Trinajstić information content (AvgIpc) is 2.90. The number of halogens is 1. The molecule has 154 valence electrons. The number of primary amides is 1. The van der Waals surface area contributed by atoms with Gasteiger partial charge in [0.1, 0.15) is 5.15 Å². The number of carbonyl (C=O) groups is 3. The first-order valence-corrected chi connectivity index (χ1v) is 9.43. The van der Waals surface area contributed by atoms with Crippen molar-refractivity contribution in [2.24, 2.45) is 11.7 Å². The van der Waals surface area contributed by atoms with E-state index in [-0.39, 0.29) is 12.5 Å². The predicted octanol–water partition coefficient (Wildman–Crippen LogP) is 2.37. The third kappa shape index (κ3) is 6.46. The number of rotatable bonds is 8. The molecule has 0 atom stereocenters. The minimum Gasteiger partial charge on any atom is -0.368 e. The van der Waals surface area contributed by atoms with Crippen molar-refractivity contribution in [1.29, 1.82) is 0 Å². The van der Waals surface area contributed by atoms with Gasteiger partial charge in [-0.3, -0.25) is 19.1 Å². The minimum absolute atomic E-state index is 0.261. The molecule has 9 heteroatoms. The molecule has 0 radical (unpaired) electrons. The summed E-state index contributed by atoms with van der Waals surface area (Å²) in [5.41, 5.74) is 7.15. The molecule has 0 saturated carbocycles. The lowest BCUT2D eigenvalue weighted by Crippen LogP contribution is -2.33. The summed E-state index contributed by atoms with van der Waals surface area (Å²) in [5.74, 6) is -1.10. The Kier molecular flexibility index (Phi) is 7.55. The van der Waals surface area contributed by atoms with Crippen LogP contribution in [0.25, 0.3) is 6.08 Å². The van der Waals surface area contributed by atoms with E-state index >= 15 is 0 Å². The number of benzene rings is 1. The first kappa shape index (κ1) is 22.2. The molecule has 0 aliphatic rings. The summed E-state index contributed by atoms with van der Waals surface area (Å²) in [5, 5.41) is 9.95. The molecule has 0 spiro atoms. The zero-order valence-corrected chi connectivity index (χ0v) is 17.3. The number of carbonyl (C=O) groups excluding carboxylic acids is 3. The van der Waals surface area contributed by atoms with Crippen molar-refractivity contribution in [2.75, 3.05) is 11.9 Å². The first-order chi connectivity index (χ1) is 13.7. The largest absolute Gasteiger partial charge is 0.368 e. The molecule has 8 nitrogen and oxygen atoms in total. The minimum atomic E-state index is -0.640. The lowest BCUT2D eigenvalue weighted by molar-refractivity contribution is -0.117. The Bertz CT molecular complexity index is 950. The van der Waals surface area contributed by atoms with Crippen LogP contribution in [0.3, 0.4) is 0 Å². The molecule has 1 aromatic heterocycles. The van der Waals surface area contributed by atoms with E-state index in [9.17, 15) is 14.4 Å². The smallest absolute Gasteiger partial charge is 0.251 e. The number of hydrogen-bond acceptors (Lipinski definition) is 4. The fourth-order valence-electron chi connectivity index (χ4n) is 2.57. The van der Waals surface area contributed by atoms with E-state index in [0.29, 0.717) is 34.4 Å². The standard InChI is InChI=1S/C20H24ClN5O3/c1-12(2)11-26-19(21)16(13(3)25-26)7-8-18(28)24-15-6-4-5-14(9-15)20(29)23-10-17(22)27/h4-9,12H,10-11H2,1-3H3,(H2,22,27)(H,23,29)(H,24,28)/b8-7+. The van der Waals surface area contributed by atoms with Gasteiger partial charge in [0.05, 0.1) is 12.2 Å². The molecule has 4 N–H and O–H groups in total. The van der Waals surface area contributed by atoms with Crippen LogP contribution in [0, 0.1) is 12.8 Å². The van der Waals surface area contributed by atoms with Crippen LogP contribution in [0.15, 0.2) is 30.3 Å². The highest BCUT2D eigenvalue weighted by atomic mass is 35.5. The topological polar surface area (TPSA) is 119 Å². The number of amides is 3. The molecule has 1 aromatic carbocycles. The van der Waals surface area contributed by atoms with Crippen LogP contribution in [0.2, 0.25) is 5.15 Å². The van der Waals surface area contributed by atoms with E-state index in [0.717, 1.165) is 5.69 Å². The Hall–Kier alpha value is -3.13. The maximum absolute atomic E-state index is 12.3. The third-order valence-corrected chi connectivity index (χ3v) is 4.26. The monoisotopic (exact) mass is 417 g/mol. The van der Waals surface area contributed by atoms with Crippen LogP contribution in [-0.4, -0.2) is 34.0 Å². The maximum atomic E-state index is 12.3. The van der Waals surface area contributed by atoms with Crippen molar-refractivity contribution in [1.82, 2.24) is 15.1 Å². The van der Waals surface area contributed by atoms with E-state index in [1.165, 1.54) is 12.1 Å². The van der Waals surface area contributed by atoms with Crippen LogP contribution >= 0.6 is 11.6 Å². The second kappa shape index (κ2) is 9.88. The number of nitrogens with two attached hydrogens (primary N) is 1. The van der Waals surface area contributed by atoms with E-state index in [2.05, 4.69) is 29.6 Å². The summed E-state index contributed by atoms with van der Waals surface area (Å²) in [7, 11) is 0. The number of aryl methyl sites for hydroxylation is 1. The van der Waals surface area contributed by atoms with Crippen molar-refractivity contribution in [2.45, 2.75) is 27.3 Å². The fraction of sp³-hybridized carbons (Fsp3) is 0.300. The number of anilines is 1. The Morgan fingerprint density at radius 1 is 1.31 bits per heavy atom. The van der Waals surface area contributed by atoms with Gasteiger partial charge in [-0.15, -0.1) is 0 Å². The van der Waals surface area contributed by atoms with Crippen molar-refractivity contribution >= 4 is 41.1 Å². The summed E-state index contributed by atoms with van der Waals surface area (Å²) in [6.45, 7) is 6.39. The van der Waals surface area contributed by atoms with Gasteiger partial charge in [-0.1, -0.05) is 31.5 Å². The number of hydrogen-bond donors (Lipinski definition) is 3. The quantitative estimate of drug-likeness (QED) is 0.571. The van der Waals surface area contributed by atoms with Crippen molar-refractivity contribution < 1.29 is 14.4 Å². The molecular weight excluding hydrogens is 394 g/mol. The molecule has 29 heavy (non-hydrogen) atoms. The molecule has 0 bridgehead atoms. The highest BCUT2D eigenvalue weighted by molar-refractivity contribution is 6.31. The zero-order chi connectivity index (χ0) is 21.6. The lowest BCUT2D eigenvalue weighted by Gasteiger charge is -2.06. The molecule has 0 fully saturated rings. The van der Waals surface area contributed by atoms with E-state index in [4.69, 9.17) is 17.3 Å². The van der Waals surface area contributed by atoms with Gasteiger partial charge in [0.15, 0.2) is 0 Å². The molecule has 3 amide bonds. The van der Waals surface area contributed by atoms with Crippen molar-refractivity contribution in [3.63, 3.8) is 0 Å². The summed E-state index contributed by atoms with van der Waals surface area (Å²) < 4.78 is 1.72.